The van der Waals surface area contributed by atoms with Crippen LogP contribution in [-0.2, 0) is 9.63 Å². The molecule has 0 spiro atoms. The van der Waals surface area contributed by atoms with Crippen LogP contribution >= 0.6 is 0 Å². The summed E-state index contributed by atoms with van der Waals surface area (Å²) in [6.07, 6.45) is 3.26. The highest BCUT2D eigenvalue weighted by Gasteiger charge is 2.05. The average Bonchev–Trinajstić information content (AvgIpc) is 2.05. The van der Waals surface area contributed by atoms with E-state index in [1.54, 1.807) is 12.2 Å². The summed E-state index contributed by atoms with van der Waals surface area (Å²) in [6.45, 7) is 7.85. The van der Waals surface area contributed by atoms with Crippen LogP contribution in [0.1, 0.15) is 0 Å². The van der Waals surface area contributed by atoms with Crippen LogP contribution in [0.15, 0.2) is 25.3 Å². The van der Waals surface area contributed by atoms with Gasteiger partial charge in [0.2, 0.25) is 0 Å². The van der Waals surface area contributed by atoms with E-state index in [1.807, 2.05) is 0 Å². The van der Waals surface area contributed by atoms with Crippen molar-refractivity contribution in [3.8, 4) is 0 Å². The third-order valence-electron chi connectivity index (χ3n) is 1.06. The smallest absolute Gasteiger partial charge is 0.338 e. The highest BCUT2D eigenvalue weighted by atomic mass is 16.7. The molecule has 0 aromatic heterocycles. The Labute approximate surface area is 72.2 Å². The average molecular weight is 170 g/mol. The van der Waals surface area contributed by atoms with Gasteiger partial charge in [-0.1, -0.05) is 12.2 Å². The SMILES string of the molecule is C=CCN(CC=C)OC(=O)CN. The molecule has 0 aromatic carbocycles. The van der Waals surface area contributed by atoms with Gasteiger partial charge in [0.1, 0.15) is 0 Å². The maximum atomic E-state index is 10.7. The van der Waals surface area contributed by atoms with Crippen molar-refractivity contribution in [3.05, 3.63) is 25.3 Å². The molecule has 4 heteroatoms. The molecule has 0 aliphatic carbocycles. The molecule has 0 unspecified atom stereocenters. The summed E-state index contributed by atoms with van der Waals surface area (Å²) in [7, 11) is 0. The summed E-state index contributed by atoms with van der Waals surface area (Å²) in [5, 5.41) is 1.43. The topological polar surface area (TPSA) is 55.6 Å². The van der Waals surface area contributed by atoms with Crippen molar-refractivity contribution in [1.82, 2.24) is 5.06 Å². The van der Waals surface area contributed by atoms with E-state index < -0.39 is 5.97 Å². The number of carbonyl (C=O) groups is 1. The lowest BCUT2D eigenvalue weighted by atomic mass is 10.5. The molecule has 0 saturated carbocycles. The molecule has 0 aromatic rings. The van der Waals surface area contributed by atoms with Gasteiger partial charge in [0.15, 0.2) is 0 Å². The van der Waals surface area contributed by atoms with Crippen molar-refractivity contribution in [2.45, 2.75) is 0 Å². The van der Waals surface area contributed by atoms with Gasteiger partial charge in [-0.25, -0.2) is 4.79 Å². The number of hydroxylamine groups is 2. The molecule has 0 radical (unpaired) electrons. The summed E-state index contributed by atoms with van der Waals surface area (Å²) in [4.78, 5) is 15.5. The van der Waals surface area contributed by atoms with Gasteiger partial charge in [-0.3, -0.25) is 0 Å². The van der Waals surface area contributed by atoms with E-state index in [-0.39, 0.29) is 6.54 Å². The van der Waals surface area contributed by atoms with Crippen molar-refractivity contribution in [3.63, 3.8) is 0 Å². The van der Waals surface area contributed by atoms with Gasteiger partial charge < -0.3 is 10.6 Å². The van der Waals surface area contributed by atoms with E-state index in [0.29, 0.717) is 13.1 Å². The molecule has 4 nitrogen and oxygen atoms in total. The van der Waals surface area contributed by atoms with Crippen molar-refractivity contribution < 1.29 is 9.63 Å². The molecule has 0 saturated heterocycles. The van der Waals surface area contributed by atoms with Crippen molar-refractivity contribution in [1.29, 1.82) is 0 Å². The van der Waals surface area contributed by atoms with E-state index in [2.05, 4.69) is 13.2 Å². The van der Waals surface area contributed by atoms with Crippen LogP contribution in [0, 0.1) is 0 Å². The van der Waals surface area contributed by atoms with Gasteiger partial charge in [-0.15, -0.1) is 18.2 Å². The maximum Gasteiger partial charge on any atom is 0.338 e. The number of hydrogen-bond donors (Lipinski definition) is 1. The van der Waals surface area contributed by atoms with Crippen LogP contribution in [0.4, 0.5) is 0 Å². The number of carbonyl (C=O) groups excluding carboxylic acids is 1. The van der Waals surface area contributed by atoms with E-state index >= 15 is 0 Å². The minimum atomic E-state index is -0.460. The molecule has 0 heterocycles. The monoisotopic (exact) mass is 170 g/mol. The number of rotatable bonds is 6. The van der Waals surface area contributed by atoms with Gasteiger partial charge in [0, 0.05) is 0 Å². The predicted molar refractivity (Wildman–Crippen MR) is 47.1 cm³/mol. The molecule has 0 aliphatic rings. The van der Waals surface area contributed by atoms with Crippen LogP contribution in [0.5, 0.6) is 0 Å². The summed E-state index contributed by atoms with van der Waals surface area (Å²) in [5.74, 6) is -0.460. The number of nitrogens with zero attached hydrogens (tertiary/aromatic N) is 1. The van der Waals surface area contributed by atoms with Crippen LogP contribution in [0.2, 0.25) is 0 Å². The second-order valence-electron chi connectivity index (χ2n) is 2.09. The first-order valence-electron chi connectivity index (χ1n) is 3.62. The van der Waals surface area contributed by atoms with Crippen LogP contribution < -0.4 is 5.73 Å². The highest BCUT2D eigenvalue weighted by Crippen LogP contribution is 1.91. The summed E-state index contributed by atoms with van der Waals surface area (Å²) in [5.41, 5.74) is 5.06. The van der Waals surface area contributed by atoms with E-state index in [9.17, 15) is 4.79 Å². The van der Waals surface area contributed by atoms with Gasteiger partial charge >= 0.3 is 5.97 Å². The summed E-state index contributed by atoms with van der Waals surface area (Å²) >= 11 is 0. The van der Waals surface area contributed by atoms with Crippen molar-refractivity contribution >= 4 is 5.97 Å². The fourth-order valence-corrected chi connectivity index (χ4v) is 0.618. The largest absolute Gasteiger partial charge is 0.366 e. The molecule has 0 aliphatic heterocycles. The van der Waals surface area contributed by atoms with Crippen LogP contribution in [-0.4, -0.2) is 30.7 Å². The van der Waals surface area contributed by atoms with Gasteiger partial charge in [0.05, 0.1) is 19.6 Å². The fourth-order valence-electron chi connectivity index (χ4n) is 0.618. The molecule has 68 valence electrons. The highest BCUT2D eigenvalue weighted by molar-refractivity contribution is 5.70. The lowest BCUT2D eigenvalue weighted by Crippen LogP contribution is -2.31. The van der Waals surface area contributed by atoms with Gasteiger partial charge in [-0.2, -0.15) is 0 Å². The maximum absolute atomic E-state index is 10.7. The molecule has 0 amide bonds. The van der Waals surface area contributed by atoms with E-state index in [4.69, 9.17) is 10.6 Å². The summed E-state index contributed by atoms with van der Waals surface area (Å²) < 4.78 is 0. The standard InChI is InChI=1S/C8H14N2O2/c1-3-5-10(6-4-2)12-8(11)7-9/h3-4H,1-2,5-7,9H2. The van der Waals surface area contributed by atoms with E-state index in [1.165, 1.54) is 5.06 Å². The molecule has 0 atom stereocenters. The number of nitrogens with two attached hydrogens (primary N) is 1. The lowest BCUT2D eigenvalue weighted by molar-refractivity contribution is -0.183. The van der Waals surface area contributed by atoms with Crippen LogP contribution in [0.3, 0.4) is 0 Å². The predicted octanol–water partition coefficient (Wildman–Crippen LogP) is 0.0773. The lowest BCUT2D eigenvalue weighted by Gasteiger charge is -2.16. The molecule has 12 heavy (non-hydrogen) atoms. The second kappa shape index (κ2) is 6.57. The van der Waals surface area contributed by atoms with Gasteiger partial charge in [0.25, 0.3) is 0 Å². The Hall–Kier alpha value is -1.13. The zero-order valence-corrected chi connectivity index (χ0v) is 7.03. The Morgan fingerprint density at radius 3 is 2.25 bits per heavy atom. The van der Waals surface area contributed by atoms with E-state index in [0.717, 1.165) is 0 Å². The first kappa shape index (κ1) is 10.9. The first-order valence-corrected chi connectivity index (χ1v) is 3.62. The molecular formula is C8H14N2O2. The zero-order valence-electron chi connectivity index (χ0n) is 7.03. The first-order chi connectivity index (χ1) is 5.74. The number of hydrogen-bond acceptors (Lipinski definition) is 4. The molecular weight excluding hydrogens is 156 g/mol. The quantitative estimate of drug-likeness (QED) is 0.453. The Morgan fingerprint density at radius 2 is 1.92 bits per heavy atom. The third kappa shape index (κ3) is 4.65. The molecule has 2 N–H and O–H groups in total. The summed E-state index contributed by atoms with van der Waals surface area (Å²) in [6, 6.07) is 0. The molecule has 0 fully saturated rings. The molecule has 0 rings (SSSR count). The normalized spacial score (nSPS) is 9.50. The Morgan fingerprint density at radius 1 is 1.42 bits per heavy atom. The fraction of sp³-hybridized carbons (Fsp3) is 0.375. The third-order valence-corrected chi connectivity index (χ3v) is 1.06. The van der Waals surface area contributed by atoms with Crippen LogP contribution in [0.25, 0.3) is 0 Å². The Bertz CT molecular complexity index is 158. The van der Waals surface area contributed by atoms with Gasteiger partial charge in [-0.05, 0) is 0 Å². The zero-order chi connectivity index (χ0) is 9.40. The minimum absolute atomic E-state index is 0.120. The Kier molecular flexibility index (Phi) is 5.95. The molecule has 0 bridgehead atoms. The van der Waals surface area contributed by atoms with Crippen molar-refractivity contribution in [2.24, 2.45) is 5.73 Å². The second-order valence-corrected chi connectivity index (χ2v) is 2.09. The van der Waals surface area contributed by atoms with Crippen molar-refractivity contribution in [2.75, 3.05) is 19.6 Å². The Balaban J connectivity index is 3.83. The minimum Gasteiger partial charge on any atom is -0.366 e.